The molecule has 3 N–H and O–H groups in total. The van der Waals surface area contributed by atoms with E-state index in [2.05, 4.69) is 10.6 Å². The molecule has 9 heteroatoms. The van der Waals surface area contributed by atoms with E-state index in [1.165, 1.54) is 21.6 Å². The normalized spacial score (nSPS) is 19.8. The van der Waals surface area contributed by atoms with Crippen molar-refractivity contribution in [1.29, 1.82) is 0 Å². The minimum atomic E-state index is -0.802. The summed E-state index contributed by atoms with van der Waals surface area (Å²) in [4.78, 5) is 33.8. The maximum Gasteiger partial charge on any atom is 0.407 e. The van der Waals surface area contributed by atoms with Gasteiger partial charge in [0, 0.05) is 24.1 Å². The molecule has 0 aromatic heterocycles. The topological polar surface area (TPSA) is 105 Å². The molecule has 0 aliphatic heterocycles. The van der Waals surface area contributed by atoms with Gasteiger partial charge in [-0.25, -0.2) is 4.79 Å². The number of carboxylic acids is 1. The SMILES string of the molecule is CC(C)(C)OC(=O)N[C@@H]1C[C@@H]1C(=O)NCCSSCCC(=O)O. The highest BCUT2D eigenvalue weighted by atomic mass is 33.1. The van der Waals surface area contributed by atoms with Crippen LogP contribution < -0.4 is 10.6 Å². The highest BCUT2D eigenvalue weighted by Gasteiger charge is 2.44. The van der Waals surface area contributed by atoms with Gasteiger partial charge in [0.25, 0.3) is 0 Å². The summed E-state index contributed by atoms with van der Waals surface area (Å²) >= 11 is 0. The lowest BCUT2D eigenvalue weighted by Gasteiger charge is -2.19. The summed E-state index contributed by atoms with van der Waals surface area (Å²) in [6.07, 6.45) is 0.276. The van der Waals surface area contributed by atoms with E-state index < -0.39 is 17.7 Å². The minimum absolute atomic E-state index is 0.0674. The lowest BCUT2D eigenvalue weighted by Crippen LogP contribution is -2.36. The standard InChI is InChI=1S/C14H24N2O5S2/c1-14(2,3)21-13(20)16-10-8-9(10)12(19)15-5-7-23-22-6-4-11(17)18/h9-10H,4-8H2,1-3H3,(H,15,19)(H,16,20)(H,17,18)/t9-,10+/m0/s1. The Labute approximate surface area is 144 Å². The average molecular weight is 364 g/mol. The lowest BCUT2D eigenvalue weighted by atomic mass is 10.2. The number of aliphatic carboxylic acids is 1. The second kappa shape index (κ2) is 9.27. The molecule has 1 aliphatic rings. The van der Waals surface area contributed by atoms with E-state index in [0.717, 1.165) is 0 Å². The van der Waals surface area contributed by atoms with Crippen molar-refractivity contribution in [2.75, 3.05) is 18.1 Å². The Morgan fingerprint density at radius 1 is 1.22 bits per heavy atom. The molecule has 0 unspecified atom stereocenters. The van der Waals surface area contributed by atoms with Crippen molar-refractivity contribution in [3.63, 3.8) is 0 Å². The fraction of sp³-hybridized carbons (Fsp3) is 0.786. The zero-order valence-corrected chi connectivity index (χ0v) is 15.2. The molecule has 0 spiro atoms. The van der Waals surface area contributed by atoms with Crippen LogP contribution in [-0.2, 0) is 14.3 Å². The summed E-state index contributed by atoms with van der Waals surface area (Å²) < 4.78 is 5.14. The van der Waals surface area contributed by atoms with Crippen LogP contribution in [0.25, 0.3) is 0 Å². The molecule has 132 valence electrons. The summed E-state index contributed by atoms with van der Waals surface area (Å²) in [6.45, 7) is 5.89. The van der Waals surface area contributed by atoms with Crippen molar-refractivity contribution in [3.05, 3.63) is 0 Å². The minimum Gasteiger partial charge on any atom is -0.481 e. The molecule has 7 nitrogen and oxygen atoms in total. The summed E-state index contributed by atoms with van der Waals surface area (Å²) in [6, 6.07) is -0.151. The third-order valence-electron chi connectivity index (χ3n) is 2.80. The van der Waals surface area contributed by atoms with E-state index in [0.29, 0.717) is 24.5 Å². The van der Waals surface area contributed by atoms with Crippen LogP contribution >= 0.6 is 21.6 Å². The number of amides is 2. The Hall–Kier alpha value is -1.09. The van der Waals surface area contributed by atoms with Crippen LogP contribution in [0.5, 0.6) is 0 Å². The largest absolute Gasteiger partial charge is 0.481 e. The van der Waals surface area contributed by atoms with E-state index >= 15 is 0 Å². The van der Waals surface area contributed by atoms with Gasteiger partial charge in [-0.3, -0.25) is 9.59 Å². The number of carboxylic acid groups (broad SMARTS) is 1. The molecule has 0 aromatic rings. The molecule has 2 atom stereocenters. The molecule has 2 amide bonds. The molecule has 1 aliphatic carbocycles. The van der Waals surface area contributed by atoms with Gasteiger partial charge in [-0.15, -0.1) is 0 Å². The Balaban J connectivity index is 2.05. The molecule has 0 aromatic carbocycles. The molecule has 0 heterocycles. The van der Waals surface area contributed by atoms with Crippen LogP contribution in [0.15, 0.2) is 0 Å². The maximum atomic E-state index is 11.9. The van der Waals surface area contributed by atoms with Crippen molar-refractivity contribution in [1.82, 2.24) is 10.6 Å². The Bertz CT molecular complexity index is 439. The van der Waals surface area contributed by atoms with Gasteiger partial charge in [-0.2, -0.15) is 0 Å². The van der Waals surface area contributed by atoms with E-state index in [9.17, 15) is 14.4 Å². The highest BCUT2D eigenvalue weighted by molar-refractivity contribution is 8.76. The number of alkyl carbamates (subject to hydrolysis) is 1. The van der Waals surface area contributed by atoms with Gasteiger partial charge in [0.15, 0.2) is 0 Å². The second-order valence-corrected chi connectivity index (χ2v) is 8.88. The van der Waals surface area contributed by atoms with E-state index in [-0.39, 0.29) is 24.3 Å². The number of carbonyl (C=O) groups excluding carboxylic acids is 2. The quantitative estimate of drug-likeness (QED) is 0.424. The fourth-order valence-corrected chi connectivity index (χ4v) is 3.58. The first-order chi connectivity index (χ1) is 10.7. The molecular formula is C14H24N2O5S2. The van der Waals surface area contributed by atoms with Crippen molar-refractivity contribution in [2.24, 2.45) is 5.92 Å². The van der Waals surface area contributed by atoms with Crippen molar-refractivity contribution < 1.29 is 24.2 Å². The first kappa shape index (κ1) is 20.0. The van der Waals surface area contributed by atoms with Crippen LogP contribution in [0.4, 0.5) is 4.79 Å². The van der Waals surface area contributed by atoms with Gasteiger partial charge in [0.2, 0.25) is 5.91 Å². The number of nitrogens with one attached hydrogen (secondary N) is 2. The smallest absolute Gasteiger partial charge is 0.407 e. The molecule has 0 saturated heterocycles. The lowest BCUT2D eigenvalue weighted by molar-refractivity contribution is -0.136. The summed E-state index contributed by atoms with van der Waals surface area (Å²) in [5.41, 5.74) is -0.549. The van der Waals surface area contributed by atoms with Crippen LogP contribution in [0.1, 0.15) is 33.6 Å². The molecule has 0 radical (unpaired) electrons. The van der Waals surface area contributed by atoms with Gasteiger partial charge in [-0.05, 0) is 27.2 Å². The summed E-state index contributed by atoms with van der Waals surface area (Å²) in [7, 11) is 3.02. The first-order valence-corrected chi connectivity index (χ1v) is 9.91. The molecule has 23 heavy (non-hydrogen) atoms. The van der Waals surface area contributed by atoms with Gasteiger partial charge in [0.1, 0.15) is 5.60 Å². The van der Waals surface area contributed by atoms with Crippen molar-refractivity contribution in [3.8, 4) is 0 Å². The Morgan fingerprint density at radius 2 is 1.87 bits per heavy atom. The second-order valence-electron chi connectivity index (χ2n) is 6.17. The number of hydrogen-bond donors (Lipinski definition) is 3. The van der Waals surface area contributed by atoms with Gasteiger partial charge >= 0.3 is 12.1 Å². The first-order valence-electron chi connectivity index (χ1n) is 7.42. The summed E-state index contributed by atoms with van der Waals surface area (Å²) in [5.74, 6) is 0.212. The molecular weight excluding hydrogens is 340 g/mol. The monoisotopic (exact) mass is 364 g/mol. The van der Waals surface area contributed by atoms with Crippen molar-refractivity contribution >= 4 is 39.6 Å². The number of carbonyl (C=O) groups is 3. The Kier molecular flexibility index (Phi) is 8.04. The van der Waals surface area contributed by atoms with Crippen LogP contribution in [0, 0.1) is 5.92 Å². The predicted molar refractivity (Wildman–Crippen MR) is 91.4 cm³/mol. The van der Waals surface area contributed by atoms with Gasteiger partial charge < -0.3 is 20.5 Å². The van der Waals surface area contributed by atoms with Crippen LogP contribution in [-0.4, -0.2) is 52.8 Å². The van der Waals surface area contributed by atoms with Gasteiger partial charge in [0.05, 0.1) is 12.3 Å². The third kappa shape index (κ3) is 9.60. The van der Waals surface area contributed by atoms with E-state index in [1.54, 1.807) is 20.8 Å². The predicted octanol–water partition coefficient (Wildman–Crippen LogP) is 1.87. The van der Waals surface area contributed by atoms with Crippen LogP contribution in [0.2, 0.25) is 0 Å². The fourth-order valence-electron chi connectivity index (χ4n) is 1.70. The third-order valence-corrected chi connectivity index (χ3v) is 5.20. The molecule has 1 rings (SSSR count). The average Bonchev–Trinajstić information content (AvgIpc) is 3.13. The summed E-state index contributed by atoms with van der Waals surface area (Å²) in [5, 5.41) is 14.0. The highest BCUT2D eigenvalue weighted by Crippen LogP contribution is 2.30. The van der Waals surface area contributed by atoms with Gasteiger partial charge in [-0.1, -0.05) is 21.6 Å². The van der Waals surface area contributed by atoms with E-state index in [1.807, 2.05) is 0 Å². The number of hydrogen-bond acceptors (Lipinski definition) is 6. The Morgan fingerprint density at radius 3 is 2.48 bits per heavy atom. The maximum absolute atomic E-state index is 11.9. The van der Waals surface area contributed by atoms with Crippen LogP contribution in [0.3, 0.4) is 0 Å². The number of ether oxygens (including phenoxy) is 1. The molecule has 1 fully saturated rings. The van der Waals surface area contributed by atoms with E-state index in [4.69, 9.17) is 9.84 Å². The zero-order valence-electron chi connectivity index (χ0n) is 13.6. The van der Waals surface area contributed by atoms with Crippen molar-refractivity contribution in [2.45, 2.75) is 45.3 Å². The molecule has 0 bridgehead atoms. The zero-order chi connectivity index (χ0) is 17.5. The number of rotatable bonds is 9. The molecule has 1 saturated carbocycles.